The number of hydrogen-bond donors (Lipinski definition) is 3. The van der Waals surface area contributed by atoms with E-state index < -0.39 is 11.9 Å². The summed E-state index contributed by atoms with van der Waals surface area (Å²) < 4.78 is 0.926. The molecule has 0 radical (unpaired) electrons. The molecular formula is C12H14BrN3O2. The van der Waals surface area contributed by atoms with Crippen molar-refractivity contribution in [3.8, 4) is 0 Å². The second-order valence-corrected chi connectivity index (χ2v) is 5.07. The molecule has 96 valence electrons. The van der Waals surface area contributed by atoms with Gasteiger partial charge in [0, 0.05) is 10.2 Å². The molecule has 3 amide bonds. The van der Waals surface area contributed by atoms with Crippen LogP contribution in [-0.2, 0) is 17.6 Å². The Balaban J connectivity index is 2.01. The molecule has 0 saturated heterocycles. The molecule has 0 fully saturated rings. The predicted molar refractivity (Wildman–Crippen MR) is 72.4 cm³/mol. The van der Waals surface area contributed by atoms with Gasteiger partial charge in [-0.15, -0.1) is 0 Å². The zero-order valence-electron chi connectivity index (χ0n) is 9.75. The standard InChI is InChI=1S/C12H14BrN3O2/c13-9-4-7-2-1-3-8(7)5-10(9)15-6-11(17)16-12(14)18/h4-5,15H,1-3,6H2,(H3,14,16,17,18). The molecule has 1 aliphatic rings. The number of benzene rings is 1. The van der Waals surface area contributed by atoms with Crippen LogP contribution < -0.4 is 16.4 Å². The van der Waals surface area contributed by atoms with E-state index in [1.54, 1.807) is 0 Å². The highest BCUT2D eigenvalue weighted by Crippen LogP contribution is 2.31. The lowest BCUT2D eigenvalue weighted by molar-refractivity contribution is -0.118. The summed E-state index contributed by atoms with van der Waals surface area (Å²) in [6, 6.07) is 3.29. The SMILES string of the molecule is NC(=O)NC(=O)CNc1cc2c(cc1Br)CCC2. The number of anilines is 1. The van der Waals surface area contributed by atoms with Gasteiger partial charge in [-0.25, -0.2) is 4.79 Å². The normalized spacial score (nSPS) is 12.9. The highest BCUT2D eigenvalue weighted by molar-refractivity contribution is 9.10. The number of carbonyl (C=O) groups is 2. The number of fused-ring (bicyclic) bond motifs is 1. The molecule has 4 N–H and O–H groups in total. The Morgan fingerprint density at radius 2 is 1.94 bits per heavy atom. The molecule has 18 heavy (non-hydrogen) atoms. The topological polar surface area (TPSA) is 84.2 Å². The van der Waals surface area contributed by atoms with Crippen molar-refractivity contribution in [2.24, 2.45) is 5.73 Å². The van der Waals surface area contributed by atoms with Gasteiger partial charge in [0.15, 0.2) is 0 Å². The quantitative estimate of drug-likeness (QED) is 0.791. The summed E-state index contributed by atoms with van der Waals surface area (Å²) in [5, 5.41) is 4.99. The fraction of sp³-hybridized carbons (Fsp3) is 0.333. The van der Waals surface area contributed by atoms with E-state index >= 15 is 0 Å². The number of nitrogens with two attached hydrogens (primary N) is 1. The van der Waals surface area contributed by atoms with Gasteiger partial charge < -0.3 is 11.1 Å². The number of hydrogen-bond acceptors (Lipinski definition) is 3. The summed E-state index contributed by atoms with van der Waals surface area (Å²) in [5.74, 6) is -0.449. The molecule has 0 aliphatic heterocycles. The minimum atomic E-state index is -0.838. The average molecular weight is 312 g/mol. The Morgan fingerprint density at radius 3 is 2.61 bits per heavy atom. The van der Waals surface area contributed by atoms with Crippen molar-refractivity contribution < 1.29 is 9.59 Å². The van der Waals surface area contributed by atoms with E-state index in [9.17, 15) is 9.59 Å². The van der Waals surface area contributed by atoms with Crippen LogP contribution in [0.1, 0.15) is 17.5 Å². The van der Waals surface area contributed by atoms with E-state index in [1.165, 1.54) is 17.5 Å². The Hall–Kier alpha value is -1.56. The van der Waals surface area contributed by atoms with Gasteiger partial charge in [-0.1, -0.05) is 0 Å². The summed E-state index contributed by atoms with van der Waals surface area (Å²) in [6.07, 6.45) is 3.36. The summed E-state index contributed by atoms with van der Waals surface area (Å²) in [5.41, 5.74) is 8.39. The van der Waals surface area contributed by atoms with Gasteiger partial charge in [0.05, 0.1) is 6.54 Å². The van der Waals surface area contributed by atoms with Crippen LogP contribution in [0.2, 0.25) is 0 Å². The molecule has 0 unspecified atom stereocenters. The molecule has 6 heteroatoms. The minimum Gasteiger partial charge on any atom is -0.375 e. The maximum absolute atomic E-state index is 11.3. The van der Waals surface area contributed by atoms with E-state index in [2.05, 4.69) is 27.3 Å². The van der Waals surface area contributed by atoms with Crippen molar-refractivity contribution in [3.05, 3.63) is 27.7 Å². The molecule has 2 rings (SSSR count). The van der Waals surface area contributed by atoms with E-state index in [1.807, 2.05) is 11.4 Å². The van der Waals surface area contributed by atoms with E-state index in [-0.39, 0.29) is 6.54 Å². The Labute approximate surface area is 113 Å². The van der Waals surface area contributed by atoms with Gasteiger partial charge in [0.25, 0.3) is 0 Å². The molecule has 1 aliphatic carbocycles. The fourth-order valence-electron chi connectivity index (χ4n) is 2.09. The van der Waals surface area contributed by atoms with Crippen LogP contribution in [-0.4, -0.2) is 18.5 Å². The van der Waals surface area contributed by atoms with Gasteiger partial charge in [0.1, 0.15) is 0 Å². The second kappa shape index (κ2) is 5.39. The summed E-state index contributed by atoms with van der Waals surface area (Å²) in [4.78, 5) is 21.8. The Bertz CT molecular complexity index is 502. The van der Waals surface area contributed by atoms with E-state index in [4.69, 9.17) is 5.73 Å². The van der Waals surface area contributed by atoms with E-state index in [0.29, 0.717) is 0 Å². The maximum atomic E-state index is 11.3. The number of imide groups is 1. The molecule has 1 aromatic rings. The Kier molecular flexibility index (Phi) is 3.86. The van der Waals surface area contributed by atoms with Crippen LogP contribution in [0.5, 0.6) is 0 Å². The lowest BCUT2D eigenvalue weighted by atomic mass is 10.1. The zero-order valence-corrected chi connectivity index (χ0v) is 11.3. The number of nitrogens with one attached hydrogen (secondary N) is 2. The highest BCUT2D eigenvalue weighted by atomic mass is 79.9. The first-order chi connectivity index (χ1) is 8.56. The Morgan fingerprint density at radius 1 is 1.28 bits per heavy atom. The molecule has 0 bridgehead atoms. The number of rotatable bonds is 3. The molecule has 0 heterocycles. The first-order valence-electron chi connectivity index (χ1n) is 5.70. The van der Waals surface area contributed by atoms with Crippen LogP contribution in [0.25, 0.3) is 0 Å². The second-order valence-electron chi connectivity index (χ2n) is 4.22. The first-order valence-corrected chi connectivity index (χ1v) is 6.50. The van der Waals surface area contributed by atoms with Crippen molar-refractivity contribution >= 4 is 33.6 Å². The third-order valence-corrected chi connectivity index (χ3v) is 3.54. The van der Waals surface area contributed by atoms with Crippen molar-refractivity contribution in [1.82, 2.24) is 5.32 Å². The molecule has 0 saturated carbocycles. The van der Waals surface area contributed by atoms with Gasteiger partial charge in [-0.05, 0) is 58.5 Å². The summed E-state index contributed by atoms with van der Waals surface area (Å²) in [6.45, 7) is 0.0142. The number of halogens is 1. The van der Waals surface area contributed by atoms with Crippen LogP contribution in [0, 0.1) is 0 Å². The molecule has 5 nitrogen and oxygen atoms in total. The van der Waals surface area contributed by atoms with Crippen LogP contribution >= 0.6 is 15.9 Å². The zero-order chi connectivity index (χ0) is 13.1. The van der Waals surface area contributed by atoms with Crippen LogP contribution in [0.15, 0.2) is 16.6 Å². The molecule has 0 atom stereocenters. The smallest absolute Gasteiger partial charge is 0.318 e. The number of urea groups is 1. The largest absolute Gasteiger partial charge is 0.375 e. The fourth-order valence-corrected chi connectivity index (χ4v) is 2.62. The monoisotopic (exact) mass is 311 g/mol. The van der Waals surface area contributed by atoms with Crippen molar-refractivity contribution in [1.29, 1.82) is 0 Å². The third kappa shape index (κ3) is 3.01. The summed E-state index contributed by atoms with van der Waals surface area (Å²) >= 11 is 3.47. The lowest BCUT2D eigenvalue weighted by Crippen LogP contribution is -2.38. The van der Waals surface area contributed by atoms with Gasteiger partial charge in [0.2, 0.25) is 5.91 Å². The van der Waals surface area contributed by atoms with Crippen molar-refractivity contribution in [2.75, 3.05) is 11.9 Å². The number of aryl methyl sites for hydroxylation is 2. The number of carbonyl (C=O) groups excluding carboxylic acids is 2. The van der Waals surface area contributed by atoms with Crippen LogP contribution in [0.4, 0.5) is 10.5 Å². The van der Waals surface area contributed by atoms with Crippen molar-refractivity contribution in [2.45, 2.75) is 19.3 Å². The summed E-state index contributed by atoms with van der Waals surface area (Å²) in [7, 11) is 0. The van der Waals surface area contributed by atoms with Gasteiger partial charge in [-0.3, -0.25) is 10.1 Å². The average Bonchev–Trinajstić information content (AvgIpc) is 2.71. The number of amides is 3. The molecule has 1 aromatic carbocycles. The maximum Gasteiger partial charge on any atom is 0.318 e. The molecule has 0 aromatic heterocycles. The minimum absolute atomic E-state index is 0.0142. The predicted octanol–water partition coefficient (Wildman–Crippen LogP) is 1.54. The first kappa shape index (κ1) is 12.9. The third-order valence-electron chi connectivity index (χ3n) is 2.88. The highest BCUT2D eigenvalue weighted by Gasteiger charge is 2.14. The molecular weight excluding hydrogens is 298 g/mol. The van der Waals surface area contributed by atoms with Gasteiger partial charge in [-0.2, -0.15) is 0 Å². The molecule has 0 spiro atoms. The van der Waals surface area contributed by atoms with E-state index in [0.717, 1.165) is 23.0 Å². The van der Waals surface area contributed by atoms with Gasteiger partial charge >= 0.3 is 6.03 Å². The van der Waals surface area contributed by atoms with Crippen LogP contribution in [0.3, 0.4) is 0 Å². The lowest BCUT2D eigenvalue weighted by Gasteiger charge is -2.10. The number of primary amides is 1. The van der Waals surface area contributed by atoms with Crippen molar-refractivity contribution in [3.63, 3.8) is 0 Å².